The van der Waals surface area contributed by atoms with Crippen LogP contribution in [0.4, 0.5) is 0 Å². The lowest BCUT2D eigenvalue weighted by Crippen LogP contribution is -2.16. The van der Waals surface area contributed by atoms with Crippen LogP contribution >= 0.6 is 0 Å². The summed E-state index contributed by atoms with van der Waals surface area (Å²) in [5.74, 6) is 0.0841. The Morgan fingerprint density at radius 2 is 1.85 bits per heavy atom. The topological polar surface area (TPSA) is 69.4 Å². The van der Waals surface area contributed by atoms with Gasteiger partial charge in [-0.25, -0.2) is 13.6 Å². The molecule has 0 atom stereocenters. The summed E-state index contributed by atoms with van der Waals surface area (Å²) in [4.78, 5) is 0. The molecule has 0 aromatic carbocycles. The largest absolute Gasteiger partial charge is 0.381 e. The number of unbranched alkanes of at least 4 members (excludes halogenated alkanes) is 2. The van der Waals surface area contributed by atoms with Crippen molar-refractivity contribution in [3.8, 4) is 0 Å². The summed E-state index contributed by atoms with van der Waals surface area (Å²) < 4.78 is 26.3. The Hall–Kier alpha value is -0.130. The molecule has 0 aliphatic heterocycles. The first-order chi connectivity index (χ1) is 6.06. The molecular weight excluding hydrogens is 190 g/mol. The first-order valence-corrected chi connectivity index (χ1v) is 6.36. The van der Waals surface area contributed by atoms with Crippen LogP contribution < -0.4 is 5.14 Å². The van der Waals surface area contributed by atoms with E-state index in [1.807, 2.05) is 0 Å². The molecule has 0 unspecified atom stereocenters. The lowest BCUT2D eigenvalue weighted by Gasteiger charge is -2.01. The number of rotatable bonds is 8. The number of sulfonamides is 1. The molecule has 0 saturated heterocycles. The minimum Gasteiger partial charge on any atom is -0.381 e. The van der Waals surface area contributed by atoms with Crippen molar-refractivity contribution in [3.63, 3.8) is 0 Å². The minimum atomic E-state index is -3.26. The van der Waals surface area contributed by atoms with E-state index in [4.69, 9.17) is 9.88 Å². The second-order valence-electron chi connectivity index (χ2n) is 3.04. The van der Waals surface area contributed by atoms with Crippen molar-refractivity contribution in [2.75, 3.05) is 19.0 Å². The molecule has 0 fully saturated rings. The monoisotopic (exact) mass is 209 g/mol. The van der Waals surface area contributed by atoms with E-state index >= 15 is 0 Å². The predicted molar refractivity (Wildman–Crippen MR) is 52.9 cm³/mol. The molecule has 0 saturated carbocycles. The summed E-state index contributed by atoms with van der Waals surface area (Å²) in [5.41, 5.74) is 0. The highest BCUT2D eigenvalue weighted by Crippen LogP contribution is 1.97. The van der Waals surface area contributed by atoms with Crippen molar-refractivity contribution in [1.29, 1.82) is 0 Å². The fourth-order valence-electron chi connectivity index (χ4n) is 0.931. The van der Waals surface area contributed by atoms with E-state index in [0.29, 0.717) is 6.42 Å². The van der Waals surface area contributed by atoms with Gasteiger partial charge in [-0.2, -0.15) is 0 Å². The number of ether oxygens (including phenoxy) is 1. The Morgan fingerprint density at radius 3 is 2.38 bits per heavy atom. The smallest absolute Gasteiger partial charge is 0.209 e. The zero-order valence-electron chi connectivity index (χ0n) is 8.16. The third-order valence-corrected chi connectivity index (χ3v) is 2.42. The van der Waals surface area contributed by atoms with E-state index in [1.54, 1.807) is 0 Å². The third-order valence-electron chi connectivity index (χ3n) is 1.57. The molecule has 5 heteroatoms. The van der Waals surface area contributed by atoms with Crippen molar-refractivity contribution in [1.82, 2.24) is 0 Å². The summed E-state index contributed by atoms with van der Waals surface area (Å²) in [6.07, 6.45) is 3.43. The summed E-state index contributed by atoms with van der Waals surface area (Å²) in [6.45, 7) is 3.56. The average Bonchev–Trinajstić information content (AvgIpc) is 2.01. The van der Waals surface area contributed by atoms with Crippen LogP contribution in [0.15, 0.2) is 0 Å². The molecule has 13 heavy (non-hydrogen) atoms. The molecule has 0 aromatic rings. The highest BCUT2D eigenvalue weighted by atomic mass is 32.2. The van der Waals surface area contributed by atoms with Gasteiger partial charge in [0.1, 0.15) is 0 Å². The Labute approximate surface area is 80.5 Å². The van der Waals surface area contributed by atoms with Crippen LogP contribution in [-0.4, -0.2) is 27.4 Å². The van der Waals surface area contributed by atoms with Crippen LogP contribution in [0.3, 0.4) is 0 Å². The molecule has 0 rings (SSSR count). The van der Waals surface area contributed by atoms with Crippen LogP contribution in [0.25, 0.3) is 0 Å². The van der Waals surface area contributed by atoms with Crippen molar-refractivity contribution in [3.05, 3.63) is 0 Å². The molecule has 0 spiro atoms. The number of hydrogen-bond donors (Lipinski definition) is 1. The predicted octanol–water partition coefficient (Wildman–Crippen LogP) is 0.872. The maximum Gasteiger partial charge on any atom is 0.209 e. The summed E-state index contributed by atoms with van der Waals surface area (Å²) in [7, 11) is -3.26. The van der Waals surface area contributed by atoms with Crippen LogP contribution in [0, 0.1) is 0 Å². The Balaban J connectivity index is 3.09. The van der Waals surface area contributed by atoms with E-state index in [0.717, 1.165) is 32.5 Å². The van der Waals surface area contributed by atoms with Gasteiger partial charge in [0.05, 0.1) is 5.75 Å². The van der Waals surface area contributed by atoms with Crippen LogP contribution in [0.1, 0.15) is 32.6 Å². The molecule has 0 heterocycles. The van der Waals surface area contributed by atoms with E-state index in [2.05, 4.69) is 6.92 Å². The Bertz CT molecular complexity index is 201. The van der Waals surface area contributed by atoms with Crippen molar-refractivity contribution >= 4 is 10.0 Å². The SMILES string of the molecule is CCCOCCCCCS(N)(=O)=O. The molecule has 0 amide bonds. The van der Waals surface area contributed by atoms with Crippen LogP contribution in [0.2, 0.25) is 0 Å². The molecular formula is C8H19NO3S. The van der Waals surface area contributed by atoms with Crippen molar-refractivity contribution in [2.24, 2.45) is 5.14 Å². The van der Waals surface area contributed by atoms with E-state index < -0.39 is 10.0 Å². The van der Waals surface area contributed by atoms with Crippen LogP contribution in [0.5, 0.6) is 0 Å². The van der Waals surface area contributed by atoms with Gasteiger partial charge < -0.3 is 4.74 Å². The molecule has 0 aliphatic carbocycles. The van der Waals surface area contributed by atoms with Gasteiger partial charge in [-0.1, -0.05) is 13.3 Å². The number of nitrogens with two attached hydrogens (primary N) is 1. The van der Waals surface area contributed by atoms with Gasteiger partial charge in [0.15, 0.2) is 0 Å². The summed E-state index contributed by atoms with van der Waals surface area (Å²) in [6, 6.07) is 0. The third kappa shape index (κ3) is 11.9. The highest BCUT2D eigenvalue weighted by Gasteiger charge is 2.00. The zero-order valence-corrected chi connectivity index (χ0v) is 8.98. The van der Waals surface area contributed by atoms with Gasteiger partial charge in [-0.3, -0.25) is 0 Å². The van der Waals surface area contributed by atoms with E-state index in [-0.39, 0.29) is 5.75 Å². The average molecular weight is 209 g/mol. The van der Waals surface area contributed by atoms with Gasteiger partial charge in [0.25, 0.3) is 0 Å². The number of hydrogen-bond acceptors (Lipinski definition) is 3. The minimum absolute atomic E-state index is 0.0841. The molecule has 0 aliphatic rings. The van der Waals surface area contributed by atoms with Gasteiger partial charge in [0.2, 0.25) is 10.0 Å². The summed E-state index contributed by atoms with van der Waals surface area (Å²) in [5, 5.41) is 4.84. The quantitative estimate of drug-likeness (QED) is 0.603. The fraction of sp³-hybridized carbons (Fsp3) is 1.00. The van der Waals surface area contributed by atoms with Gasteiger partial charge in [-0.15, -0.1) is 0 Å². The second-order valence-corrected chi connectivity index (χ2v) is 4.77. The van der Waals surface area contributed by atoms with Gasteiger partial charge in [0, 0.05) is 13.2 Å². The van der Waals surface area contributed by atoms with Crippen molar-refractivity contribution < 1.29 is 13.2 Å². The maximum atomic E-state index is 10.5. The van der Waals surface area contributed by atoms with Crippen molar-refractivity contribution in [2.45, 2.75) is 32.6 Å². The Kier molecular flexibility index (Phi) is 7.22. The zero-order chi connectivity index (χ0) is 10.2. The van der Waals surface area contributed by atoms with E-state index in [1.165, 1.54) is 0 Å². The van der Waals surface area contributed by atoms with E-state index in [9.17, 15) is 8.42 Å². The van der Waals surface area contributed by atoms with Gasteiger partial charge >= 0.3 is 0 Å². The molecule has 0 bridgehead atoms. The van der Waals surface area contributed by atoms with Crippen LogP contribution in [-0.2, 0) is 14.8 Å². The number of primary sulfonamides is 1. The Morgan fingerprint density at radius 1 is 1.15 bits per heavy atom. The maximum absolute atomic E-state index is 10.5. The molecule has 2 N–H and O–H groups in total. The second kappa shape index (κ2) is 7.29. The standard InChI is InChI=1S/C8H19NO3S/c1-2-6-12-7-4-3-5-8-13(9,10)11/h2-8H2,1H3,(H2,9,10,11). The first-order valence-electron chi connectivity index (χ1n) is 4.64. The fourth-order valence-corrected chi connectivity index (χ4v) is 1.54. The lowest BCUT2D eigenvalue weighted by molar-refractivity contribution is 0.131. The normalized spacial score (nSPS) is 11.8. The molecule has 0 radical (unpaired) electrons. The molecule has 0 aromatic heterocycles. The molecule has 4 nitrogen and oxygen atoms in total. The van der Waals surface area contributed by atoms with Gasteiger partial charge in [-0.05, 0) is 19.3 Å². The summed E-state index contributed by atoms with van der Waals surface area (Å²) >= 11 is 0. The lowest BCUT2D eigenvalue weighted by atomic mass is 10.3. The highest BCUT2D eigenvalue weighted by molar-refractivity contribution is 7.89. The first kappa shape index (κ1) is 12.9. The molecule has 80 valence electrons.